The third-order valence-corrected chi connectivity index (χ3v) is 16.5. The Morgan fingerprint density at radius 2 is 1.10 bits per heavy atom. The van der Waals surface area contributed by atoms with Gasteiger partial charge in [-0.05, 0) is 61.6 Å². The summed E-state index contributed by atoms with van der Waals surface area (Å²) in [6.07, 6.45) is 13.8. The summed E-state index contributed by atoms with van der Waals surface area (Å²) in [6, 6.07) is 27.4. The first-order valence-electron chi connectivity index (χ1n) is 28.8. The number of H-pyrrole nitrogens is 1. The van der Waals surface area contributed by atoms with Crippen LogP contribution in [0.15, 0.2) is 90.5 Å². The number of hydrogen-bond donors (Lipinski definition) is 9. The fourth-order valence-corrected chi connectivity index (χ4v) is 11.4. The number of hydrogen-bond acceptors (Lipinski definition) is 5. The van der Waals surface area contributed by atoms with Gasteiger partial charge in [-0.2, -0.15) is 49.3 Å². The van der Waals surface area contributed by atoms with Gasteiger partial charge in [-0.25, -0.2) is 0 Å². The maximum Gasteiger partial charge on any atom is 0.247 e. The summed E-state index contributed by atoms with van der Waals surface area (Å²) in [5.74, 6) is -0.0277. The van der Waals surface area contributed by atoms with Gasteiger partial charge in [0, 0.05) is 67.1 Å². The Labute approximate surface area is 466 Å². The SMILES string of the molecule is C.[CH2-][NH+]1CC=C(C)CC1.[CH2-][NH+]1CCC2(CC1)C(=O)NCN2c1ccccc1.[CH2-][NH+]1CCC2(CC1)OCCO2.[CH2-][NH+]1CCCCC1.[CH2-][NH+]1CCOCC1.[CH2-][NH+]1CCc2c([nH]c3ccccc23)C1.[CH2-][NH+]1CCc2ccccc2C1. The molecule has 9 aliphatic heterocycles. The van der Waals surface area contributed by atoms with Crippen LogP contribution >= 0.6 is 0 Å². The summed E-state index contributed by atoms with van der Waals surface area (Å²) in [4.78, 5) is 27.5. The number of carbonyl (C=O) groups is 1. The van der Waals surface area contributed by atoms with Gasteiger partial charge in [0.25, 0.3) is 0 Å². The molecule has 9 aliphatic rings. The molecule has 3 unspecified atom stereocenters. The van der Waals surface area contributed by atoms with Crippen LogP contribution in [-0.4, -0.2) is 134 Å². The minimum absolute atomic E-state index is 0. The Morgan fingerprint density at radius 3 is 1.70 bits per heavy atom. The molecule has 428 valence electrons. The number of likely N-dealkylation sites (tertiary alicyclic amines) is 3. The van der Waals surface area contributed by atoms with Gasteiger partial charge in [-0.15, -0.1) is 0 Å². The first kappa shape index (κ1) is 62.0. The maximum atomic E-state index is 12.3. The Kier molecular flexibility index (Phi) is 25.4. The lowest BCUT2D eigenvalue weighted by atomic mass is 9.86. The summed E-state index contributed by atoms with van der Waals surface area (Å²) in [6.45, 7) is 21.7. The number of rotatable bonds is 1. The molecular formula is C63H102N10O4. The van der Waals surface area contributed by atoms with Crippen LogP contribution in [0.5, 0.6) is 0 Å². The van der Waals surface area contributed by atoms with Crippen LogP contribution < -0.4 is 44.5 Å². The van der Waals surface area contributed by atoms with Gasteiger partial charge in [0.1, 0.15) is 5.54 Å². The molecule has 1 aromatic heterocycles. The van der Waals surface area contributed by atoms with E-state index >= 15 is 0 Å². The normalized spacial score (nSPS) is 25.4. The Morgan fingerprint density at radius 1 is 0.545 bits per heavy atom. The molecule has 77 heavy (non-hydrogen) atoms. The minimum Gasteiger partial charge on any atom is -0.468 e. The van der Waals surface area contributed by atoms with Crippen LogP contribution in [0.2, 0.25) is 0 Å². The number of benzene rings is 3. The second kappa shape index (κ2) is 31.6. The van der Waals surface area contributed by atoms with Crippen LogP contribution in [0.3, 0.4) is 0 Å². The second-order valence-corrected chi connectivity index (χ2v) is 22.5. The molecule has 4 aromatic rings. The first-order valence-corrected chi connectivity index (χ1v) is 28.8. The van der Waals surface area contributed by atoms with Crippen molar-refractivity contribution >= 4 is 22.5 Å². The number of aromatic amines is 1. The number of para-hydroxylation sites is 2. The van der Waals surface area contributed by atoms with E-state index in [1.165, 1.54) is 131 Å². The highest BCUT2D eigenvalue weighted by atomic mass is 16.7. The number of morpholine rings is 1. The number of nitrogens with one attached hydrogen (secondary N) is 9. The van der Waals surface area contributed by atoms with Gasteiger partial charge in [-0.3, -0.25) is 4.79 Å². The van der Waals surface area contributed by atoms with Crippen LogP contribution in [0, 0.1) is 49.3 Å². The quantitative estimate of drug-likeness (QED) is 0.0947. The smallest absolute Gasteiger partial charge is 0.247 e. The number of carbonyl (C=O) groups excluding carboxylic acids is 1. The van der Waals surface area contributed by atoms with Crippen molar-refractivity contribution in [3.8, 4) is 0 Å². The number of nitrogens with zero attached hydrogens (tertiary/aromatic N) is 1. The molecule has 13 rings (SSSR count). The molecular weight excluding hydrogens is 961 g/mol. The zero-order chi connectivity index (χ0) is 53.8. The van der Waals surface area contributed by atoms with E-state index in [0.717, 1.165) is 130 Å². The lowest BCUT2D eigenvalue weighted by molar-refractivity contribution is -0.870. The molecule has 0 radical (unpaired) electrons. The molecule has 3 atom stereocenters. The van der Waals surface area contributed by atoms with Gasteiger partial charge in [0.05, 0.1) is 130 Å². The molecule has 0 bridgehead atoms. The monoisotopic (exact) mass is 1060 g/mol. The van der Waals surface area contributed by atoms with Crippen molar-refractivity contribution in [1.29, 1.82) is 0 Å². The van der Waals surface area contributed by atoms with E-state index in [2.05, 4.69) is 138 Å². The molecule has 0 aliphatic carbocycles. The zero-order valence-corrected chi connectivity index (χ0v) is 46.6. The lowest BCUT2D eigenvalue weighted by Gasteiger charge is -2.42. The number of aromatic nitrogens is 1. The predicted molar refractivity (Wildman–Crippen MR) is 310 cm³/mol. The highest BCUT2D eigenvalue weighted by Gasteiger charge is 2.50. The highest BCUT2D eigenvalue weighted by Crippen LogP contribution is 2.34. The predicted octanol–water partition coefficient (Wildman–Crippen LogP) is -0.502. The third-order valence-electron chi connectivity index (χ3n) is 16.5. The number of anilines is 1. The van der Waals surface area contributed by atoms with Crippen LogP contribution in [0.4, 0.5) is 5.69 Å². The minimum atomic E-state index is -0.345. The van der Waals surface area contributed by atoms with Gasteiger partial charge in [-0.1, -0.05) is 73.7 Å². The van der Waals surface area contributed by atoms with E-state index in [-0.39, 0.29) is 24.7 Å². The third kappa shape index (κ3) is 19.0. The standard InChI is InChI=1S/C14H19N3O.C12H14N2.C10H13N.C8H15NO2.C7H13N.C6H13N.C5H11NO.CH4/c1-16-9-7-14(8-10-16)13(18)15-11-17(14)12-5-3-2-4-6-12;1-14-7-6-10-9-4-2-3-5-11(9)13-12(10)8-14;1-11-7-6-9-4-2-3-5-10(9)8-11;1-9-4-2-8(3-5-9)10-6-7-11-8;1-7-3-5-8(2)6-4-7;1-7-5-3-2-4-6-7;1-6-2-4-7-5-3-6;/h2-6,16H,1,7-11H2,(H,15,18);2-5,13-14H,1,6-8H2;2-5,11H,1,6-8H2;9H,1-7H2;3,8H,2,4-6H2,1H3;7H,1-6H2;6H,1-5H2;1H4. The number of ether oxygens (including phenoxy) is 3. The van der Waals surface area contributed by atoms with Crippen LogP contribution in [0.1, 0.15) is 88.1 Å². The molecule has 6 saturated heterocycles. The summed E-state index contributed by atoms with van der Waals surface area (Å²) >= 11 is 0. The zero-order valence-electron chi connectivity index (χ0n) is 46.6. The highest BCUT2D eigenvalue weighted by molar-refractivity contribution is 5.93. The molecule has 2 spiro atoms. The average Bonchev–Trinajstić information content (AvgIpc) is 4.23. The van der Waals surface area contributed by atoms with Gasteiger partial charge in [0.2, 0.25) is 5.91 Å². The number of amides is 1. The van der Waals surface area contributed by atoms with Crippen LogP contribution in [0.25, 0.3) is 10.9 Å². The van der Waals surface area contributed by atoms with Crippen molar-refractivity contribution in [2.24, 2.45) is 0 Å². The summed E-state index contributed by atoms with van der Waals surface area (Å²) in [7, 11) is 27.7. The molecule has 0 saturated carbocycles. The molecule has 6 fully saturated rings. The topological polar surface area (TPSA) is 107 Å². The molecule has 14 heteroatoms. The Hall–Kier alpha value is -4.19. The van der Waals surface area contributed by atoms with Crippen molar-refractivity contribution in [1.82, 2.24) is 10.3 Å². The fraction of sp³-hybridized carbons (Fsp3) is 0.524. The van der Waals surface area contributed by atoms with Gasteiger partial charge in [0.15, 0.2) is 5.79 Å². The lowest BCUT2D eigenvalue weighted by Crippen LogP contribution is -3.09. The van der Waals surface area contributed by atoms with Gasteiger partial charge >= 0.3 is 0 Å². The van der Waals surface area contributed by atoms with Gasteiger partial charge < -0.3 is 63.7 Å². The van der Waals surface area contributed by atoms with Crippen molar-refractivity contribution in [2.45, 2.75) is 103 Å². The van der Waals surface area contributed by atoms with Crippen molar-refractivity contribution in [2.75, 3.05) is 117 Å². The molecule has 14 nitrogen and oxygen atoms in total. The first-order chi connectivity index (χ1) is 36.8. The maximum absolute atomic E-state index is 12.3. The Bertz CT molecular complexity index is 2310. The number of fused-ring (bicyclic) bond motifs is 4. The van der Waals surface area contributed by atoms with Crippen molar-refractivity contribution in [3.05, 3.63) is 162 Å². The van der Waals surface area contributed by atoms with E-state index < -0.39 is 0 Å². The fourth-order valence-electron chi connectivity index (χ4n) is 11.4. The average molecular weight is 1060 g/mol. The van der Waals surface area contributed by atoms with Crippen molar-refractivity contribution in [3.63, 3.8) is 0 Å². The summed E-state index contributed by atoms with van der Waals surface area (Å²) in [5.41, 5.74) is 9.45. The van der Waals surface area contributed by atoms with E-state index in [1.807, 2.05) is 18.2 Å². The van der Waals surface area contributed by atoms with E-state index in [1.54, 1.807) is 0 Å². The molecule has 9 N–H and O–H groups in total. The Balaban J connectivity index is 0.000000149. The second-order valence-electron chi connectivity index (χ2n) is 22.5. The number of quaternary nitrogens is 7. The molecule has 1 amide bonds. The summed E-state index contributed by atoms with van der Waals surface area (Å²) in [5, 5.41) is 4.40. The molecule has 10 heterocycles. The molecule has 3 aromatic carbocycles. The summed E-state index contributed by atoms with van der Waals surface area (Å²) < 4.78 is 16.2. The van der Waals surface area contributed by atoms with E-state index in [0.29, 0.717) is 6.67 Å². The van der Waals surface area contributed by atoms with E-state index in [4.69, 9.17) is 14.2 Å². The number of piperidine rings is 3. The largest absolute Gasteiger partial charge is 0.468 e. The van der Waals surface area contributed by atoms with Crippen LogP contribution in [-0.2, 0) is 44.9 Å². The van der Waals surface area contributed by atoms with E-state index in [9.17, 15) is 4.79 Å². The van der Waals surface area contributed by atoms with Crippen molar-refractivity contribution < 1.29 is 53.3 Å².